The monoisotopic (exact) mass is 269 g/mol. The zero-order chi connectivity index (χ0) is 13.5. The predicted octanol–water partition coefficient (Wildman–Crippen LogP) is 1.47. The molecule has 0 radical (unpaired) electrons. The molecule has 0 aliphatic heterocycles. The van der Waals surface area contributed by atoms with Crippen LogP contribution in [0.5, 0.6) is 0 Å². The number of carbonyl (C=O) groups is 1. The first-order valence-corrected chi connectivity index (χ1v) is 6.88. The Hall–Kier alpha value is -1.14. The van der Waals surface area contributed by atoms with E-state index in [0.717, 1.165) is 16.5 Å². The fraction of sp³-hybridized carbons (Fsp3) is 0.583. The van der Waals surface area contributed by atoms with Gasteiger partial charge in [0.15, 0.2) is 5.16 Å². The van der Waals surface area contributed by atoms with Crippen molar-refractivity contribution in [1.29, 1.82) is 0 Å². The van der Waals surface area contributed by atoms with Crippen molar-refractivity contribution in [3.05, 3.63) is 17.5 Å². The van der Waals surface area contributed by atoms with Crippen LogP contribution in [0.1, 0.15) is 24.7 Å². The predicted molar refractivity (Wildman–Crippen MR) is 71.5 cm³/mol. The summed E-state index contributed by atoms with van der Waals surface area (Å²) in [4.78, 5) is 19.9. The second-order valence-electron chi connectivity index (χ2n) is 3.93. The minimum atomic E-state index is -0.566. The molecule has 1 heterocycles. The molecular formula is C12H19N3O2S. The number of esters is 1. The molecule has 1 aromatic rings. The Labute approximate surface area is 112 Å². The lowest BCUT2D eigenvalue weighted by molar-refractivity contribution is -0.144. The summed E-state index contributed by atoms with van der Waals surface area (Å²) in [6, 6.07) is 1.36. The van der Waals surface area contributed by atoms with Crippen molar-refractivity contribution >= 4 is 17.7 Å². The van der Waals surface area contributed by atoms with Crippen LogP contribution in [0, 0.1) is 13.8 Å². The molecule has 1 rings (SSSR count). The van der Waals surface area contributed by atoms with E-state index in [0.29, 0.717) is 18.8 Å². The van der Waals surface area contributed by atoms with Crippen LogP contribution in [0.15, 0.2) is 11.2 Å². The molecule has 0 saturated carbocycles. The molecule has 0 fully saturated rings. The zero-order valence-corrected chi connectivity index (χ0v) is 11.8. The fourth-order valence-corrected chi connectivity index (χ4v) is 2.37. The highest BCUT2D eigenvalue weighted by Gasteiger charge is 2.14. The summed E-state index contributed by atoms with van der Waals surface area (Å²) in [5.41, 5.74) is 7.59. The molecule has 0 bridgehead atoms. The van der Waals surface area contributed by atoms with Crippen molar-refractivity contribution in [2.24, 2.45) is 5.73 Å². The number of hydrogen-bond donors (Lipinski definition) is 1. The van der Waals surface area contributed by atoms with Crippen molar-refractivity contribution in [1.82, 2.24) is 9.97 Å². The highest BCUT2D eigenvalue weighted by Crippen LogP contribution is 2.15. The molecule has 0 saturated heterocycles. The van der Waals surface area contributed by atoms with Crippen molar-refractivity contribution in [2.45, 2.75) is 38.4 Å². The summed E-state index contributed by atoms with van der Waals surface area (Å²) in [6.45, 7) is 5.99. The number of carbonyl (C=O) groups excluding carboxylic acids is 1. The van der Waals surface area contributed by atoms with Gasteiger partial charge in [-0.05, 0) is 33.3 Å². The van der Waals surface area contributed by atoms with Gasteiger partial charge in [-0.2, -0.15) is 0 Å². The van der Waals surface area contributed by atoms with Gasteiger partial charge in [0.05, 0.1) is 6.61 Å². The molecule has 100 valence electrons. The number of aromatic nitrogens is 2. The van der Waals surface area contributed by atoms with Crippen molar-refractivity contribution in [3.63, 3.8) is 0 Å². The Morgan fingerprint density at radius 1 is 1.44 bits per heavy atom. The minimum Gasteiger partial charge on any atom is -0.465 e. The average molecular weight is 269 g/mol. The summed E-state index contributed by atoms with van der Waals surface area (Å²) in [6.07, 6.45) is 0.555. The van der Waals surface area contributed by atoms with Crippen LogP contribution >= 0.6 is 11.8 Å². The first kappa shape index (κ1) is 14.9. The van der Waals surface area contributed by atoms with Gasteiger partial charge in [0.1, 0.15) is 6.04 Å². The number of thioether (sulfide) groups is 1. The number of hydrogen-bond acceptors (Lipinski definition) is 6. The summed E-state index contributed by atoms with van der Waals surface area (Å²) >= 11 is 1.50. The highest BCUT2D eigenvalue weighted by atomic mass is 32.2. The van der Waals surface area contributed by atoms with E-state index in [9.17, 15) is 4.79 Å². The molecule has 1 unspecified atom stereocenters. The topological polar surface area (TPSA) is 78.1 Å². The van der Waals surface area contributed by atoms with Gasteiger partial charge < -0.3 is 10.5 Å². The fourth-order valence-electron chi connectivity index (χ4n) is 1.40. The third kappa shape index (κ3) is 5.01. The number of nitrogens with zero attached hydrogens (tertiary/aromatic N) is 2. The van der Waals surface area contributed by atoms with E-state index in [-0.39, 0.29) is 5.97 Å². The van der Waals surface area contributed by atoms with Gasteiger partial charge in [0.2, 0.25) is 0 Å². The number of rotatable bonds is 6. The summed E-state index contributed by atoms with van der Waals surface area (Å²) in [5.74, 6) is 0.350. The molecular weight excluding hydrogens is 250 g/mol. The lowest BCUT2D eigenvalue weighted by Crippen LogP contribution is -2.32. The first-order valence-electron chi connectivity index (χ1n) is 5.90. The zero-order valence-electron chi connectivity index (χ0n) is 11.0. The van der Waals surface area contributed by atoms with E-state index in [1.807, 2.05) is 19.9 Å². The van der Waals surface area contributed by atoms with Gasteiger partial charge in [0.25, 0.3) is 0 Å². The van der Waals surface area contributed by atoms with E-state index in [4.69, 9.17) is 10.5 Å². The minimum absolute atomic E-state index is 0.348. The van der Waals surface area contributed by atoms with Gasteiger partial charge in [-0.3, -0.25) is 4.79 Å². The second kappa shape index (κ2) is 7.33. The number of aryl methyl sites for hydroxylation is 2. The molecule has 1 atom stereocenters. The quantitative estimate of drug-likeness (QED) is 0.478. The normalized spacial score (nSPS) is 12.2. The standard InChI is InChI=1S/C12H19N3O2S/c1-4-17-11(16)10(13)5-6-18-12-14-8(2)7-9(3)15-12/h7,10H,4-6,13H2,1-3H3. The Balaban J connectivity index is 2.39. The largest absolute Gasteiger partial charge is 0.465 e. The molecule has 0 aliphatic rings. The Kier molecular flexibility index (Phi) is 6.07. The number of ether oxygens (including phenoxy) is 1. The molecule has 0 spiro atoms. The van der Waals surface area contributed by atoms with E-state index in [2.05, 4.69) is 9.97 Å². The van der Waals surface area contributed by atoms with Gasteiger partial charge in [-0.25, -0.2) is 9.97 Å². The summed E-state index contributed by atoms with van der Waals surface area (Å²) < 4.78 is 4.84. The van der Waals surface area contributed by atoms with E-state index in [1.165, 1.54) is 11.8 Å². The summed E-state index contributed by atoms with van der Waals surface area (Å²) in [5, 5.41) is 0.726. The molecule has 18 heavy (non-hydrogen) atoms. The van der Waals surface area contributed by atoms with Crippen LogP contribution in [0.3, 0.4) is 0 Å². The Morgan fingerprint density at radius 3 is 2.61 bits per heavy atom. The number of nitrogens with two attached hydrogens (primary N) is 1. The summed E-state index contributed by atoms with van der Waals surface area (Å²) in [7, 11) is 0. The van der Waals surface area contributed by atoms with Crippen molar-refractivity contribution < 1.29 is 9.53 Å². The van der Waals surface area contributed by atoms with Crippen molar-refractivity contribution in [3.8, 4) is 0 Å². The lowest BCUT2D eigenvalue weighted by Gasteiger charge is -2.09. The Bertz CT molecular complexity index is 392. The van der Waals surface area contributed by atoms with Gasteiger partial charge in [-0.15, -0.1) is 0 Å². The van der Waals surface area contributed by atoms with Gasteiger partial charge in [-0.1, -0.05) is 11.8 Å². The third-order valence-electron chi connectivity index (χ3n) is 2.21. The smallest absolute Gasteiger partial charge is 0.322 e. The van der Waals surface area contributed by atoms with Crippen LogP contribution < -0.4 is 5.73 Å². The van der Waals surface area contributed by atoms with Crippen LogP contribution in [-0.2, 0) is 9.53 Å². The van der Waals surface area contributed by atoms with Crippen LogP contribution in [-0.4, -0.2) is 34.3 Å². The molecule has 5 nitrogen and oxygen atoms in total. The van der Waals surface area contributed by atoms with Gasteiger partial charge in [0, 0.05) is 17.1 Å². The molecule has 0 aliphatic carbocycles. The van der Waals surface area contributed by atoms with Crippen LogP contribution in [0.2, 0.25) is 0 Å². The maximum Gasteiger partial charge on any atom is 0.322 e. The average Bonchev–Trinajstić information content (AvgIpc) is 2.27. The molecule has 0 amide bonds. The maximum atomic E-state index is 11.3. The van der Waals surface area contributed by atoms with E-state index < -0.39 is 6.04 Å². The molecule has 1 aromatic heterocycles. The second-order valence-corrected chi connectivity index (χ2v) is 4.99. The Morgan fingerprint density at radius 2 is 2.06 bits per heavy atom. The van der Waals surface area contributed by atoms with Crippen LogP contribution in [0.25, 0.3) is 0 Å². The van der Waals surface area contributed by atoms with E-state index >= 15 is 0 Å². The third-order valence-corrected chi connectivity index (χ3v) is 3.09. The maximum absolute atomic E-state index is 11.3. The van der Waals surface area contributed by atoms with Crippen LogP contribution in [0.4, 0.5) is 0 Å². The molecule has 0 aromatic carbocycles. The van der Waals surface area contributed by atoms with Crippen molar-refractivity contribution in [2.75, 3.05) is 12.4 Å². The van der Waals surface area contributed by atoms with Gasteiger partial charge >= 0.3 is 5.97 Å². The molecule has 2 N–H and O–H groups in total. The highest BCUT2D eigenvalue weighted by molar-refractivity contribution is 7.99. The SMILES string of the molecule is CCOC(=O)C(N)CCSc1nc(C)cc(C)n1. The lowest BCUT2D eigenvalue weighted by atomic mass is 10.2. The first-order chi connectivity index (χ1) is 8.52. The van der Waals surface area contributed by atoms with E-state index in [1.54, 1.807) is 6.92 Å². The molecule has 6 heteroatoms.